The van der Waals surface area contributed by atoms with Crippen LogP contribution in [0.15, 0.2) is 0 Å². The van der Waals surface area contributed by atoms with E-state index in [2.05, 4.69) is 5.32 Å². The minimum Gasteiger partial charge on any atom is -0.444 e. The minimum atomic E-state index is -0.553. The smallest absolute Gasteiger partial charge is 0.410 e. The summed E-state index contributed by atoms with van der Waals surface area (Å²) in [7, 11) is 0. The molecule has 1 fully saturated rings. The Hall–Kier alpha value is -1.50. The molecule has 0 bridgehead atoms. The molecule has 1 rings (SSSR count). The van der Waals surface area contributed by atoms with Crippen LogP contribution in [0.3, 0.4) is 0 Å². The molecule has 0 unspecified atom stereocenters. The molecule has 7 heteroatoms. The lowest BCUT2D eigenvalue weighted by atomic mass is 9.79. The summed E-state index contributed by atoms with van der Waals surface area (Å²) in [4.78, 5) is 25.6. The predicted molar refractivity (Wildman–Crippen MR) is 95.3 cm³/mol. The average Bonchev–Trinajstić information content (AvgIpc) is 2.73. The standard InChI is InChI=1S/C18H34N2O5/c1-16(2,3)24-14(22)19-9-8-13-10-20(11-18(13,7)12-21)15(23)25-17(4,5)6/h13,21H,8-12H2,1-7H3,(H,19,22)/t13-,18-/m0/s1. The van der Waals surface area contributed by atoms with E-state index < -0.39 is 22.7 Å². The second-order valence-electron chi connectivity index (χ2n) is 9.09. The van der Waals surface area contributed by atoms with Crippen LogP contribution in [0.1, 0.15) is 54.9 Å². The zero-order valence-electron chi connectivity index (χ0n) is 16.6. The maximum Gasteiger partial charge on any atom is 0.410 e. The highest BCUT2D eigenvalue weighted by atomic mass is 16.6. The lowest BCUT2D eigenvalue weighted by molar-refractivity contribution is 0.0261. The van der Waals surface area contributed by atoms with E-state index in [-0.39, 0.29) is 18.6 Å². The normalized spacial score (nSPS) is 24.2. The molecule has 1 aliphatic heterocycles. The Labute approximate surface area is 151 Å². The number of aliphatic hydroxyl groups excluding tert-OH is 1. The molecule has 146 valence electrons. The van der Waals surface area contributed by atoms with Gasteiger partial charge in [-0.2, -0.15) is 0 Å². The summed E-state index contributed by atoms with van der Waals surface area (Å²) in [5, 5.41) is 12.5. The number of nitrogens with one attached hydrogen (secondary N) is 1. The third-order valence-electron chi connectivity index (χ3n) is 4.15. The fraction of sp³-hybridized carbons (Fsp3) is 0.889. The van der Waals surface area contributed by atoms with Gasteiger partial charge in [0.2, 0.25) is 0 Å². The number of carbonyl (C=O) groups is 2. The Bertz CT molecular complexity index is 481. The first-order chi connectivity index (χ1) is 11.3. The third kappa shape index (κ3) is 7.10. The molecule has 1 saturated heterocycles. The molecule has 0 aliphatic carbocycles. The lowest BCUT2D eigenvalue weighted by Gasteiger charge is -2.28. The van der Waals surface area contributed by atoms with E-state index in [0.717, 1.165) is 0 Å². The van der Waals surface area contributed by atoms with E-state index in [0.29, 0.717) is 26.1 Å². The number of likely N-dealkylation sites (tertiary alicyclic amines) is 1. The van der Waals surface area contributed by atoms with Crippen LogP contribution in [0.2, 0.25) is 0 Å². The van der Waals surface area contributed by atoms with Gasteiger partial charge >= 0.3 is 12.2 Å². The van der Waals surface area contributed by atoms with Crippen molar-refractivity contribution >= 4 is 12.2 Å². The molecule has 0 spiro atoms. The number of aliphatic hydroxyl groups is 1. The fourth-order valence-corrected chi connectivity index (χ4v) is 2.86. The van der Waals surface area contributed by atoms with Crippen molar-refractivity contribution in [2.45, 2.75) is 66.1 Å². The van der Waals surface area contributed by atoms with Crippen LogP contribution in [0.4, 0.5) is 9.59 Å². The molecule has 7 nitrogen and oxygen atoms in total. The highest BCUT2D eigenvalue weighted by Crippen LogP contribution is 2.37. The van der Waals surface area contributed by atoms with Crippen LogP contribution in [0.25, 0.3) is 0 Å². The number of ether oxygens (including phenoxy) is 2. The zero-order valence-corrected chi connectivity index (χ0v) is 16.6. The fourth-order valence-electron chi connectivity index (χ4n) is 2.86. The first-order valence-corrected chi connectivity index (χ1v) is 8.81. The lowest BCUT2D eigenvalue weighted by Crippen LogP contribution is -2.37. The Balaban J connectivity index is 2.58. The summed E-state index contributed by atoms with van der Waals surface area (Å²) >= 11 is 0. The molecule has 0 aromatic heterocycles. The van der Waals surface area contributed by atoms with Gasteiger partial charge in [-0.05, 0) is 53.9 Å². The largest absolute Gasteiger partial charge is 0.444 e. The molecular formula is C18H34N2O5. The summed E-state index contributed by atoms with van der Waals surface area (Å²) in [6, 6.07) is 0. The summed E-state index contributed by atoms with van der Waals surface area (Å²) in [5.74, 6) is 0.0694. The molecule has 2 atom stereocenters. The van der Waals surface area contributed by atoms with Crippen LogP contribution >= 0.6 is 0 Å². The van der Waals surface area contributed by atoms with Crippen molar-refractivity contribution < 1.29 is 24.2 Å². The third-order valence-corrected chi connectivity index (χ3v) is 4.15. The quantitative estimate of drug-likeness (QED) is 0.807. The Morgan fingerprint density at radius 1 is 1.16 bits per heavy atom. The van der Waals surface area contributed by atoms with Crippen molar-refractivity contribution in [1.29, 1.82) is 0 Å². The van der Waals surface area contributed by atoms with Crippen molar-refractivity contribution in [2.75, 3.05) is 26.2 Å². The van der Waals surface area contributed by atoms with Gasteiger partial charge in [0.25, 0.3) is 0 Å². The van der Waals surface area contributed by atoms with E-state index in [4.69, 9.17) is 9.47 Å². The molecule has 25 heavy (non-hydrogen) atoms. The van der Waals surface area contributed by atoms with Crippen LogP contribution in [0, 0.1) is 11.3 Å². The predicted octanol–water partition coefficient (Wildman–Crippen LogP) is 2.77. The molecule has 1 aliphatic rings. The van der Waals surface area contributed by atoms with Crippen LogP contribution < -0.4 is 5.32 Å². The van der Waals surface area contributed by atoms with Crippen LogP contribution in [-0.2, 0) is 9.47 Å². The number of hydrogen-bond acceptors (Lipinski definition) is 5. The first kappa shape index (κ1) is 21.5. The van der Waals surface area contributed by atoms with E-state index >= 15 is 0 Å². The van der Waals surface area contributed by atoms with Gasteiger partial charge in [0.15, 0.2) is 0 Å². The van der Waals surface area contributed by atoms with E-state index in [1.54, 1.807) is 4.90 Å². The van der Waals surface area contributed by atoms with Crippen molar-refractivity contribution in [3.63, 3.8) is 0 Å². The van der Waals surface area contributed by atoms with Crippen LogP contribution in [0.5, 0.6) is 0 Å². The van der Waals surface area contributed by atoms with Crippen LogP contribution in [-0.4, -0.2) is 59.6 Å². The maximum atomic E-state index is 12.3. The Kier molecular flexibility index (Phi) is 6.73. The van der Waals surface area contributed by atoms with E-state index in [1.807, 2.05) is 48.5 Å². The number of nitrogens with zero attached hydrogens (tertiary/aromatic N) is 1. The highest BCUT2D eigenvalue weighted by Gasteiger charge is 2.45. The molecule has 2 N–H and O–H groups in total. The van der Waals surface area contributed by atoms with Gasteiger partial charge in [0.05, 0.1) is 6.61 Å². The van der Waals surface area contributed by atoms with Gasteiger partial charge in [-0.1, -0.05) is 6.92 Å². The van der Waals surface area contributed by atoms with Crippen molar-refractivity contribution in [2.24, 2.45) is 11.3 Å². The molecule has 0 aromatic carbocycles. The topological polar surface area (TPSA) is 88.1 Å². The summed E-state index contributed by atoms with van der Waals surface area (Å²) in [6.45, 7) is 14.2. The minimum absolute atomic E-state index is 0.0244. The van der Waals surface area contributed by atoms with E-state index in [1.165, 1.54) is 0 Å². The number of amides is 2. The number of rotatable bonds is 4. The highest BCUT2D eigenvalue weighted by molar-refractivity contribution is 5.69. The van der Waals surface area contributed by atoms with E-state index in [9.17, 15) is 14.7 Å². The monoisotopic (exact) mass is 358 g/mol. The van der Waals surface area contributed by atoms with Gasteiger partial charge in [-0.15, -0.1) is 0 Å². The average molecular weight is 358 g/mol. The zero-order chi connectivity index (χ0) is 19.5. The first-order valence-electron chi connectivity index (χ1n) is 8.81. The molecule has 0 aromatic rings. The summed E-state index contributed by atoms with van der Waals surface area (Å²) in [6.07, 6.45) is -0.176. The Morgan fingerprint density at radius 3 is 2.20 bits per heavy atom. The molecule has 1 heterocycles. The van der Waals surface area contributed by atoms with Gasteiger partial charge in [-0.3, -0.25) is 0 Å². The van der Waals surface area contributed by atoms with Crippen molar-refractivity contribution in [1.82, 2.24) is 10.2 Å². The number of carbonyl (C=O) groups excluding carboxylic acids is 2. The SMILES string of the molecule is CC(C)(C)OC(=O)NCC[C@H]1CN(C(=O)OC(C)(C)C)C[C@@]1(C)CO. The van der Waals surface area contributed by atoms with Gasteiger partial charge in [0, 0.05) is 25.0 Å². The van der Waals surface area contributed by atoms with Gasteiger partial charge < -0.3 is 24.8 Å². The van der Waals surface area contributed by atoms with Crippen molar-refractivity contribution in [3.8, 4) is 0 Å². The van der Waals surface area contributed by atoms with Crippen molar-refractivity contribution in [3.05, 3.63) is 0 Å². The second-order valence-corrected chi connectivity index (χ2v) is 9.09. The summed E-state index contributed by atoms with van der Waals surface area (Å²) < 4.78 is 10.6. The maximum absolute atomic E-state index is 12.3. The molecular weight excluding hydrogens is 324 g/mol. The molecule has 2 amide bonds. The molecule has 0 radical (unpaired) electrons. The van der Waals surface area contributed by atoms with Gasteiger partial charge in [-0.25, -0.2) is 9.59 Å². The second kappa shape index (κ2) is 7.81. The molecule has 0 saturated carbocycles. The summed E-state index contributed by atoms with van der Waals surface area (Å²) in [5.41, 5.74) is -1.50. The number of hydrogen-bond donors (Lipinski definition) is 2. The number of alkyl carbamates (subject to hydrolysis) is 1. The Morgan fingerprint density at radius 2 is 1.72 bits per heavy atom. The van der Waals surface area contributed by atoms with Gasteiger partial charge in [0.1, 0.15) is 11.2 Å².